The average molecular weight is 225 g/mol. The molecule has 0 amide bonds. The molecule has 1 aromatic heterocycles. The minimum atomic E-state index is 1.03. The normalized spacial score (nSPS) is 10.9. The fraction of sp³-hybridized carbons (Fsp3) is 0.222. The van der Waals surface area contributed by atoms with Crippen LogP contribution in [0.5, 0.6) is 0 Å². The summed E-state index contributed by atoms with van der Waals surface area (Å²) in [5.41, 5.74) is 3.45. The molecule has 2 rings (SSSR count). The number of nitrogens with zero attached hydrogens (tertiary/aromatic N) is 2. The molecule has 2 aromatic rings. The van der Waals surface area contributed by atoms with E-state index in [9.17, 15) is 0 Å². The van der Waals surface area contributed by atoms with E-state index in [0.717, 1.165) is 9.99 Å². The van der Waals surface area contributed by atoms with Crippen LogP contribution in [0.4, 0.5) is 0 Å². The molecule has 3 heteroatoms. The van der Waals surface area contributed by atoms with E-state index in [0.29, 0.717) is 0 Å². The van der Waals surface area contributed by atoms with Gasteiger partial charge in [-0.3, -0.25) is 0 Å². The van der Waals surface area contributed by atoms with Crippen LogP contribution in [0.3, 0.4) is 0 Å². The number of hydrogen-bond acceptors (Lipinski definition) is 1. The molecule has 2 nitrogen and oxygen atoms in total. The van der Waals surface area contributed by atoms with Crippen molar-refractivity contribution in [1.29, 1.82) is 0 Å². The van der Waals surface area contributed by atoms with Crippen LogP contribution in [-0.2, 0) is 7.05 Å². The number of halogens is 1. The minimum absolute atomic E-state index is 1.03. The summed E-state index contributed by atoms with van der Waals surface area (Å²) >= 11 is 3.49. The third kappa shape index (κ3) is 1.05. The van der Waals surface area contributed by atoms with E-state index in [4.69, 9.17) is 0 Å². The summed E-state index contributed by atoms with van der Waals surface area (Å²) in [7, 11) is 2.00. The first-order chi connectivity index (χ1) is 5.68. The minimum Gasteiger partial charge on any atom is -0.334 e. The van der Waals surface area contributed by atoms with Crippen molar-refractivity contribution in [2.45, 2.75) is 6.92 Å². The first-order valence-corrected chi connectivity index (χ1v) is 4.55. The molecule has 0 radical (unpaired) electrons. The standard InChI is InChI=1S/C9H9BrN2/c1-6-3-7(10)9-8(4-6)12(2)5-11-9/h3-5H,1-2H3. The Kier molecular flexibility index (Phi) is 1.68. The van der Waals surface area contributed by atoms with Gasteiger partial charge in [-0.15, -0.1) is 0 Å². The molecule has 12 heavy (non-hydrogen) atoms. The van der Waals surface area contributed by atoms with E-state index in [1.165, 1.54) is 11.1 Å². The van der Waals surface area contributed by atoms with Crippen molar-refractivity contribution in [3.8, 4) is 0 Å². The first-order valence-electron chi connectivity index (χ1n) is 3.75. The van der Waals surface area contributed by atoms with Gasteiger partial charge in [0.2, 0.25) is 0 Å². The molecule has 62 valence electrons. The monoisotopic (exact) mass is 224 g/mol. The lowest BCUT2D eigenvalue weighted by Gasteiger charge is -1.98. The second kappa shape index (κ2) is 2.59. The van der Waals surface area contributed by atoms with Crippen molar-refractivity contribution in [3.63, 3.8) is 0 Å². The highest BCUT2D eigenvalue weighted by molar-refractivity contribution is 9.10. The lowest BCUT2D eigenvalue weighted by Crippen LogP contribution is -1.84. The van der Waals surface area contributed by atoms with Crippen molar-refractivity contribution < 1.29 is 0 Å². The van der Waals surface area contributed by atoms with Crippen LogP contribution in [0.15, 0.2) is 22.9 Å². The molecule has 0 aliphatic carbocycles. The SMILES string of the molecule is Cc1cc(Br)c2ncn(C)c2c1. The Morgan fingerprint density at radius 3 is 2.92 bits per heavy atom. The summed E-state index contributed by atoms with van der Waals surface area (Å²) in [5.74, 6) is 0. The van der Waals surface area contributed by atoms with Gasteiger partial charge in [-0.2, -0.15) is 0 Å². The number of fused-ring (bicyclic) bond motifs is 1. The lowest BCUT2D eigenvalue weighted by atomic mass is 10.2. The van der Waals surface area contributed by atoms with Crippen molar-refractivity contribution in [2.24, 2.45) is 7.05 Å². The second-order valence-electron chi connectivity index (χ2n) is 2.97. The molecule has 0 unspecified atom stereocenters. The van der Waals surface area contributed by atoms with Gasteiger partial charge in [-0.25, -0.2) is 4.98 Å². The number of aromatic nitrogens is 2. The highest BCUT2D eigenvalue weighted by atomic mass is 79.9. The highest BCUT2D eigenvalue weighted by Crippen LogP contribution is 2.23. The van der Waals surface area contributed by atoms with Gasteiger partial charge in [-0.05, 0) is 40.5 Å². The molecule has 0 bridgehead atoms. The fourth-order valence-corrected chi connectivity index (χ4v) is 1.99. The smallest absolute Gasteiger partial charge is 0.103 e. The molecule has 0 spiro atoms. The molecule has 1 heterocycles. The summed E-state index contributed by atoms with van der Waals surface area (Å²) in [6.45, 7) is 2.08. The average Bonchev–Trinajstić information content (AvgIpc) is 2.33. The molecule has 0 atom stereocenters. The Morgan fingerprint density at radius 2 is 2.17 bits per heavy atom. The molecule has 1 aromatic carbocycles. The third-order valence-electron chi connectivity index (χ3n) is 1.93. The van der Waals surface area contributed by atoms with E-state index in [2.05, 4.69) is 40.0 Å². The van der Waals surface area contributed by atoms with E-state index < -0.39 is 0 Å². The van der Waals surface area contributed by atoms with E-state index >= 15 is 0 Å². The van der Waals surface area contributed by atoms with Crippen LogP contribution in [0.25, 0.3) is 11.0 Å². The third-order valence-corrected chi connectivity index (χ3v) is 2.53. The first kappa shape index (κ1) is 7.80. The van der Waals surface area contributed by atoms with Crippen molar-refractivity contribution >= 4 is 27.0 Å². The zero-order valence-corrected chi connectivity index (χ0v) is 8.59. The van der Waals surface area contributed by atoms with E-state index in [1.807, 2.05) is 17.9 Å². The van der Waals surface area contributed by atoms with Crippen LogP contribution in [0.1, 0.15) is 5.56 Å². The van der Waals surface area contributed by atoms with Gasteiger partial charge < -0.3 is 4.57 Å². The fourth-order valence-electron chi connectivity index (χ4n) is 1.32. The quantitative estimate of drug-likeness (QED) is 0.673. The Morgan fingerprint density at radius 1 is 1.42 bits per heavy atom. The van der Waals surface area contributed by atoms with Gasteiger partial charge in [0, 0.05) is 11.5 Å². The second-order valence-corrected chi connectivity index (χ2v) is 3.82. The molecule has 0 saturated heterocycles. The maximum Gasteiger partial charge on any atom is 0.103 e. The molecule has 0 fully saturated rings. The number of hydrogen-bond donors (Lipinski definition) is 0. The highest BCUT2D eigenvalue weighted by Gasteiger charge is 2.03. The van der Waals surface area contributed by atoms with E-state index in [-0.39, 0.29) is 0 Å². The molecule has 0 aliphatic heterocycles. The van der Waals surface area contributed by atoms with Crippen LogP contribution in [0, 0.1) is 6.92 Å². The lowest BCUT2D eigenvalue weighted by molar-refractivity contribution is 0.947. The predicted molar refractivity (Wildman–Crippen MR) is 53.2 cm³/mol. The maximum absolute atomic E-state index is 4.27. The van der Waals surface area contributed by atoms with E-state index in [1.54, 1.807) is 0 Å². The maximum atomic E-state index is 4.27. The number of aryl methyl sites for hydroxylation is 2. The van der Waals surface area contributed by atoms with Gasteiger partial charge in [0.05, 0.1) is 11.8 Å². The van der Waals surface area contributed by atoms with Crippen LogP contribution >= 0.6 is 15.9 Å². The number of benzene rings is 1. The van der Waals surface area contributed by atoms with Gasteiger partial charge in [0.25, 0.3) is 0 Å². The molecule has 0 N–H and O–H groups in total. The van der Waals surface area contributed by atoms with Crippen molar-refractivity contribution in [3.05, 3.63) is 28.5 Å². The summed E-state index contributed by atoms with van der Waals surface area (Å²) < 4.78 is 3.09. The zero-order chi connectivity index (χ0) is 8.72. The number of imidazole rings is 1. The van der Waals surface area contributed by atoms with Crippen molar-refractivity contribution in [2.75, 3.05) is 0 Å². The topological polar surface area (TPSA) is 17.8 Å². The molecule has 0 aliphatic rings. The van der Waals surface area contributed by atoms with Crippen molar-refractivity contribution in [1.82, 2.24) is 9.55 Å². The molecule has 0 saturated carbocycles. The summed E-state index contributed by atoms with van der Waals surface area (Å²) in [6.07, 6.45) is 1.83. The summed E-state index contributed by atoms with van der Waals surface area (Å²) in [5, 5.41) is 0. The Labute approximate surface area is 79.3 Å². The van der Waals surface area contributed by atoms with Crippen LogP contribution in [-0.4, -0.2) is 9.55 Å². The Bertz CT molecular complexity index is 431. The van der Waals surface area contributed by atoms with Crippen LogP contribution < -0.4 is 0 Å². The summed E-state index contributed by atoms with van der Waals surface area (Å²) in [6, 6.07) is 4.21. The summed E-state index contributed by atoms with van der Waals surface area (Å²) in [4.78, 5) is 4.27. The zero-order valence-electron chi connectivity index (χ0n) is 7.00. The Hall–Kier alpha value is -0.830. The molecular weight excluding hydrogens is 216 g/mol. The number of rotatable bonds is 0. The Balaban J connectivity index is 2.92. The van der Waals surface area contributed by atoms with Gasteiger partial charge in [0.1, 0.15) is 5.52 Å². The predicted octanol–water partition coefficient (Wildman–Crippen LogP) is 2.64. The van der Waals surface area contributed by atoms with Gasteiger partial charge in [0.15, 0.2) is 0 Å². The van der Waals surface area contributed by atoms with Gasteiger partial charge in [-0.1, -0.05) is 0 Å². The van der Waals surface area contributed by atoms with Gasteiger partial charge >= 0.3 is 0 Å². The van der Waals surface area contributed by atoms with Crippen LogP contribution in [0.2, 0.25) is 0 Å². The largest absolute Gasteiger partial charge is 0.334 e. The molecular formula is C9H9BrN2.